The Morgan fingerprint density at radius 1 is 1.20 bits per heavy atom. The number of thiophene rings is 1. The van der Waals surface area contributed by atoms with Crippen molar-refractivity contribution in [3.05, 3.63) is 51.4 Å². The largest absolute Gasteiger partial charge is 0.465 e. The van der Waals surface area contributed by atoms with Crippen molar-refractivity contribution < 1.29 is 23.9 Å². The molecule has 2 aliphatic rings. The molecule has 7 nitrogen and oxygen atoms in total. The number of imide groups is 1. The Hall–Kier alpha value is -3.00. The van der Waals surface area contributed by atoms with Gasteiger partial charge in [0, 0.05) is 4.88 Å². The minimum absolute atomic E-state index is 0.290. The molecule has 1 aromatic heterocycles. The van der Waals surface area contributed by atoms with Crippen LogP contribution in [0.25, 0.3) is 0 Å². The Morgan fingerprint density at radius 2 is 1.83 bits per heavy atom. The van der Waals surface area contributed by atoms with Crippen LogP contribution in [0.3, 0.4) is 0 Å². The number of esters is 1. The van der Waals surface area contributed by atoms with Gasteiger partial charge in [0.15, 0.2) is 0 Å². The molecule has 2 heterocycles. The van der Waals surface area contributed by atoms with Crippen molar-refractivity contribution >= 4 is 40.0 Å². The van der Waals surface area contributed by atoms with Crippen molar-refractivity contribution in [1.82, 2.24) is 4.90 Å². The molecule has 1 aromatic carbocycles. The zero-order valence-corrected chi connectivity index (χ0v) is 17.8. The minimum Gasteiger partial charge on any atom is -0.465 e. The maximum absolute atomic E-state index is 13.0. The van der Waals surface area contributed by atoms with E-state index in [-0.39, 0.29) is 11.1 Å². The molecular weight excluding hydrogens is 404 g/mol. The van der Waals surface area contributed by atoms with Crippen molar-refractivity contribution in [1.29, 1.82) is 0 Å². The van der Waals surface area contributed by atoms with Crippen LogP contribution in [0.5, 0.6) is 0 Å². The van der Waals surface area contributed by atoms with Crippen molar-refractivity contribution in [2.75, 3.05) is 12.4 Å². The van der Waals surface area contributed by atoms with Crippen LogP contribution in [0, 0.1) is 5.92 Å². The number of nitrogens with one attached hydrogen (secondary N) is 1. The van der Waals surface area contributed by atoms with Crippen molar-refractivity contribution in [2.45, 2.75) is 39.2 Å². The van der Waals surface area contributed by atoms with E-state index in [9.17, 15) is 19.2 Å². The van der Waals surface area contributed by atoms with E-state index in [1.165, 1.54) is 25.4 Å². The van der Waals surface area contributed by atoms with Crippen molar-refractivity contribution in [3.8, 4) is 0 Å². The summed E-state index contributed by atoms with van der Waals surface area (Å²) >= 11 is 1.37. The molecule has 0 spiro atoms. The van der Waals surface area contributed by atoms with E-state index in [4.69, 9.17) is 4.74 Å². The lowest BCUT2D eigenvalue weighted by atomic mass is 9.88. The maximum Gasteiger partial charge on any atom is 0.341 e. The minimum atomic E-state index is -1.03. The number of nitrogens with zero attached hydrogens (tertiary/aromatic N) is 1. The van der Waals surface area contributed by atoms with Crippen LogP contribution in [-0.4, -0.2) is 41.7 Å². The summed E-state index contributed by atoms with van der Waals surface area (Å²) in [5, 5.41) is 3.19. The van der Waals surface area contributed by atoms with Gasteiger partial charge in [-0.15, -0.1) is 11.3 Å². The summed E-state index contributed by atoms with van der Waals surface area (Å²) in [5.74, 6) is -1.51. The van der Waals surface area contributed by atoms with Gasteiger partial charge in [0.1, 0.15) is 11.0 Å². The van der Waals surface area contributed by atoms with Gasteiger partial charge in [-0.2, -0.15) is 0 Å². The summed E-state index contributed by atoms with van der Waals surface area (Å²) in [6.07, 6.45) is 2.56. The van der Waals surface area contributed by atoms with Crippen LogP contribution < -0.4 is 5.32 Å². The van der Waals surface area contributed by atoms with Crippen LogP contribution in [0.4, 0.5) is 5.00 Å². The summed E-state index contributed by atoms with van der Waals surface area (Å²) in [4.78, 5) is 52.8. The molecule has 30 heavy (non-hydrogen) atoms. The number of anilines is 1. The van der Waals surface area contributed by atoms with Crippen LogP contribution >= 0.6 is 11.3 Å². The molecule has 4 rings (SSSR count). The van der Waals surface area contributed by atoms with Crippen LogP contribution in [0.1, 0.15) is 61.8 Å². The first-order chi connectivity index (χ1) is 14.3. The van der Waals surface area contributed by atoms with E-state index in [0.29, 0.717) is 16.5 Å². The topological polar surface area (TPSA) is 92.8 Å². The Balaban J connectivity index is 1.61. The summed E-state index contributed by atoms with van der Waals surface area (Å²) < 4.78 is 4.94. The number of ether oxygens (including phenoxy) is 1. The predicted molar refractivity (Wildman–Crippen MR) is 112 cm³/mol. The maximum atomic E-state index is 13.0. The summed E-state index contributed by atoms with van der Waals surface area (Å²) in [7, 11) is 1.31. The Labute approximate surface area is 178 Å². The number of carbonyl (C=O) groups excluding carboxylic acids is 4. The lowest BCUT2D eigenvalue weighted by molar-refractivity contribution is -0.119. The molecular formula is C22H22N2O5S. The fourth-order valence-electron chi connectivity index (χ4n) is 4.05. The highest BCUT2D eigenvalue weighted by Gasteiger charge is 2.41. The standard InChI is InChI=1S/C22H22N2O5S/c1-11-8-9-15-16(10-11)30-19(17(15)22(28)29-3)23-18(25)12(2)24-20(26)13-6-4-5-7-14(13)21(24)27/h4-7,11-12H,8-10H2,1-3H3,(H,23,25)/t11-,12-/m1/s1. The SMILES string of the molecule is COC(=O)c1c(NC(=O)[C@@H](C)N2C(=O)c3ccccc3C2=O)sc2c1CC[C@@H](C)C2. The molecule has 156 valence electrons. The van der Waals surface area contributed by atoms with E-state index in [2.05, 4.69) is 12.2 Å². The second-order valence-electron chi connectivity index (χ2n) is 7.74. The molecule has 2 atom stereocenters. The highest BCUT2D eigenvalue weighted by molar-refractivity contribution is 7.17. The number of rotatable bonds is 4. The zero-order valence-electron chi connectivity index (χ0n) is 17.0. The monoisotopic (exact) mass is 426 g/mol. The van der Waals surface area contributed by atoms with Crippen molar-refractivity contribution in [2.24, 2.45) is 5.92 Å². The van der Waals surface area contributed by atoms with Crippen LogP contribution in [0.2, 0.25) is 0 Å². The van der Waals surface area contributed by atoms with Crippen LogP contribution in [-0.2, 0) is 22.4 Å². The molecule has 8 heteroatoms. The highest BCUT2D eigenvalue weighted by Crippen LogP contribution is 2.40. The Bertz CT molecular complexity index is 1040. The first-order valence-corrected chi connectivity index (χ1v) is 10.7. The van der Waals surface area contributed by atoms with Gasteiger partial charge < -0.3 is 10.1 Å². The second kappa shape index (κ2) is 7.68. The number of benzene rings is 1. The highest BCUT2D eigenvalue weighted by atomic mass is 32.1. The molecule has 0 radical (unpaired) electrons. The van der Waals surface area contributed by atoms with Gasteiger partial charge in [-0.3, -0.25) is 19.3 Å². The van der Waals surface area contributed by atoms with Crippen LogP contribution in [0.15, 0.2) is 24.3 Å². The summed E-state index contributed by atoms with van der Waals surface area (Å²) in [5.41, 5.74) is 1.89. The fourth-order valence-corrected chi connectivity index (χ4v) is 5.45. The van der Waals surface area contributed by atoms with Gasteiger partial charge >= 0.3 is 5.97 Å². The molecule has 3 amide bonds. The molecule has 0 unspecified atom stereocenters. The first kappa shape index (κ1) is 20.3. The van der Waals surface area contributed by atoms with E-state index in [1.807, 2.05) is 0 Å². The molecule has 2 aromatic rings. The Morgan fingerprint density at radius 3 is 2.43 bits per heavy atom. The summed E-state index contributed by atoms with van der Waals surface area (Å²) in [6, 6.07) is 5.48. The molecule has 1 N–H and O–H groups in total. The third kappa shape index (κ3) is 3.21. The molecule has 0 saturated heterocycles. The van der Waals surface area contributed by atoms with Gasteiger partial charge in [-0.25, -0.2) is 4.79 Å². The zero-order chi connectivity index (χ0) is 21.6. The number of hydrogen-bond acceptors (Lipinski definition) is 6. The van der Waals surface area contributed by atoms with E-state index >= 15 is 0 Å². The third-order valence-electron chi connectivity index (χ3n) is 5.73. The lowest BCUT2D eigenvalue weighted by Gasteiger charge is -2.21. The number of methoxy groups -OCH3 is 1. The van der Waals surface area contributed by atoms with E-state index < -0.39 is 29.7 Å². The smallest absolute Gasteiger partial charge is 0.341 e. The second-order valence-corrected chi connectivity index (χ2v) is 8.84. The number of hydrogen-bond donors (Lipinski definition) is 1. The Kier molecular flexibility index (Phi) is 5.19. The normalized spacial score (nSPS) is 18.6. The molecule has 0 saturated carbocycles. The van der Waals surface area contributed by atoms with Gasteiger partial charge in [0.05, 0.1) is 23.8 Å². The lowest BCUT2D eigenvalue weighted by Crippen LogP contribution is -2.45. The van der Waals surface area contributed by atoms with Gasteiger partial charge in [-0.05, 0) is 49.8 Å². The quantitative estimate of drug-likeness (QED) is 0.598. The third-order valence-corrected chi connectivity index (χ3v) is 6.90. The average Bonchev–Trinajstić information content (AvgIpc) is 3.21. The first-order valence-electron chi connectivity index (χ1n) is 9.84. The van der Waals surface area contributed by atoms with Gasteiger partial charge in [-0.1, -0.05) is 19.1 Å². The fraction of sp³-hybridized carbons (Fsp3) is 0.364. The average molecular weight is 426 g/mol. The summed E-state index contributed by atoms with van der Waals surface area (Å²) in [6.45, 7) is 3.66. The molecule has 0 bridgehead atoms. The predicted octanol–water partition coefficient (Wildman–Crippen LogP) is 3.28. The molecule has 1 aliphatic carbocycles. The van der Waals surface area contributed by atoms with Gasteiger partial charge in [0.2, 0.25) is 5.91 Å². The van der Waals surface area contributed by atoms with Crippen molar-refractivity contribution in [3.63, 3.8) is 0 Å². The molecule has 0 fully saturated rings. The number of carbonyl (C=O) groups is 4. The number of fused-ring (bicyclic) bond motifs is 2. The van der Waals surface area contributed by atoms with Gasteiger partial charge in [0.25, 0.3) is 11.8 Å². The van der Waals surface area contributed by atoms with E-state index in [1.54, 1.807) is 24.3 Å². The van der Waals surface area contributed by atoms with E-state index in [0.717, 1.165) is 34.6 Å². The molecule has 1 aliphatic heterocycles. The number of amides is 3.